The second kappa shape index (κ2) is 4.60. The molecular weight excluding hydrogens is 234 g/mol. The number of benzene rings is 1. The van der Waals surface area contributed by atoms with Crippen LogP contribution in [0.3, 0.4) is 0 Å². The highest BCUT2D eigenvalue weighted by atomic mass is 79.9. The molecule has 72 valence electrons. The van der Waals surface area contributed by atoms with Gasteiger partial charge in [-0.15, -0.1) is 0 Å². The summed E-state index contributed by atoms with van der Waals surface area (Å²) < 4.78 is 0.538. The molecule has 1 unspecified atom stereocenters. The lowest BCUT2D eigenvalue weighted by Gasteiger charge is -2.12. The fourth-order valence-corrected chi connectivity index (χ4v) is 1.64. The molecule has 0 heterocycles. The van der Waals surface area contributed by atoms with E-state index >= 15 is 0 Å². The van der Waals surface area contributed by atoms with E-state index in [4.69, 9.17) is 5.73 Å². The van der Waals surface area contributed by atoms with E-state index in [1.54, 1.807) is 18.2 Å². The summed E-state index contributed by atoms with van der Waals surface area (Å²) in [6, 6.07) is 5.00. The standard InChI is InChI=1S/C9H12BrNO2/c10-9-6(7(12)4-5-11)2-1-3-8(9)13/h1-3,7,12-13H,4-5,11H2. The van der Waals surface area contributed by atoms with Crippen LogP contribution in [0.4, 0.5) is 0 Å². The Morgan fingerprint density at radius 1 is 1.46 bits per heavy atom. The Morgan fingerprint density at radius 2 is 2.15 bits per heavy atom. The first kappa shape index (κ1) is 10.5. The number of rotatable bonds is 3. The lowest BCUT2D eigenvalue weighted by Crippen LogP contribution is -2.07. The molecule has 0 amide bonds. The van der Waals surface area contributed by atoms with E-state index in [0.717, 1.165) is 0 Å². The van der Waals surface area contributed by atoms with Gasteiger partial charge in [0.2, 0.25) is 0 Å². The number of halogens is 1. The van der Waals surface area contributed by atoms with Crippen molar-refractivity contribution >= 4 is 15.9 Å². The van der Waals surface area contributed by atoms with Gasteiger partial charge in [-0.25, -0.2) is 0 Å². The molecule has 0 bridgehead atoms. The number of hydrogen-bond donors (Lipinski definition) is 3. The maximum atomic E-state index is 9.60. The van der Waals surface area contributed by atoms with Gasteiger partial charge >= 0.3 is 0 Å². The zero-order valence-corrected chi connectivity index (χ0v) is 8.66. The zero-order chi connectivity index (χ0) is 9.84. The smallest absolute Gasteiger partial charge is 0.130 e. The van der Waals surface area contributed by atoms with E-state index in [9.17, 15) is 10.2 Å². The van der Waals surface area contributed by atoms with Gasteiger partial charge < -0.3 is 15.9 Å². The lowest BCUT2D eigenvalue weighted by atomic mass is 10.1. The first-order chi connectivity index (χ1) is 6.16. The van der Waals surface area contributed by atoms with Crippen molar-refractivity contribution < 1.29 is 10.2 Å². The van der Waals surface area contributed by atoms with E-state index in [0.29, 0.717) is 23.0 Å². The third-order valence-corrected chi connectivity index (χ3v) is 2.67. The maximum Gasteiger partial charge on any atom is 0.130 e. The molecule has 0 saturated heterocycles. The molecule has 1 aromatic rings. The fraction of sp³-hybridized carbons (Fsp3) is 0.333. The summed E-state index contributed by atoms with van der Waals surface area (Å²) in [4.78, 5) is 0. The molecule has 1 aromatic carbocycles. The molecule has 1 rings (SSSR count). The van der Waals surface area contributed by atoms with Gasteiger partial charge in [-0.2, -0.15) is 0 Å². The minimum absolute atomic E-state index is 0.133. The topological polar surface area (TPSA) is 66.5 Å². The summed E-state index contributed by atoms with van der Waals surface area (Å²) in [5.41, 5.74) is 5.99. The minimum Gasteiger partial charge on any atom is -0.507 e. The van der Waals surface area contributed by atoms with Gasteiger partial charge in [0.05, 0.1) is 10.6 Å². The molecule has 4 heteroatoms. The Balaban J connectivity index is 2.93. The predicted molar refractivity (Wildman–Crippen MR) is 54.4 cm³/mol. The van der Waals surface area contributed by atoms with E-state index in [1.807, 2.05) is 0 Å². The van der Waals surface area contributed by atoms with Crippen LogP contribution in [0.1, 0.15) is 18.1 Å². The van der Waals surface area contributed by atoms with E-state index < -0.39 is 6.10 Å². The minimum atomic E-state index is -0.619. The van der Waals surface area contributed by atoms with E-state index in [1.165, 1.54) is 0 Å². The first-order valence-electron chi connectivity index (χ1n) is 4.02. The molecule has 3 nitrogen and oxygen atoms in total. The zero-order valence-electron chi connectivity index (χ0n) is 7.07. The van der Waals surface area contributed by atoms with Crippen LogP contribution in [0.2, 0.25) is 0 Å². The Labute approximate surface area is 85.3 Å². The molecule has 0 aliphatic rings. The Kier molecular flexibility index (Phi) is 3.71. The molecule has 4 N–H and O–H groups in total. The molecule has 0 spiro atoms. The average Bonchev–Trinajstić information content (AvgIpc) is 2.10. The summed E-state index contributed by atoms with van der Waals surface area (Å²) in [6.45, 7) is 0.420. The summed E-state index contributed by atoms with van der Waals surface area (Å²) in [6.07, 6.45) is -0.131. The highest BCUT2D eigenvalue weighted by Crippen LogP contribution is 2.32. The number of phenols is 1. The second-order valence-corrected chi connectivity index (χ2v) is 3.57. The van der Waals surface area contributed by atoms with Crippen LogP contribution in [0, 0.1) is 0 Å². The molecule has 0 aliphatic heterocycles. The number of nitrogens with two attached hydrogens (primary N) is 1. The molecular formula is C9H12BrNO2. The summed E-state index contributed by atoms with van der Waals surface area (Å²) in [7, 11) is 0. The lowest BCUT2D eigenvalue weighted by molar-refractivity contribution is 0.169. The molecule has 0 aliphatic carbocycles. The summed E-state index contributed by atoms with van der Waals surface area (Å²) in [5, 5.41) is 18.9. The maximum absolute atomic E-state index is 9.60. The number of hydrogen-bond acceptors (Lipinski definition) is 3. The van der Waals surface area contributed by atoms with Crippen molar-refractivity contribution in [2.24, 2.45) is 5.73 Å². The van der Waals surface area contributed by atoms with Crippen LogP contribution in [-0.4, -0.2) is 16.8 Å². The van der Waals surface area contributed by atoms with Crippen LogP contribution < -0.4 is 5.73 Å². The third kappa shape index (κ3) is 2.43. The first-order valence-corrected chi connectivity index (χ1v) is 4.81. The van der Waals surface area contributed by atoms with Gasteiger partial charge in [-0.3, -0.25) is 0 Å². The van der Waals surface area contributed by atoms with Crippen LogP contribution in [0.5, 0.6) is 5.75 Å². The fourth-order valence-electron chi connectivity index (χ4n) is 1.11. The van der Waals surface area contributed by atoms with Crippen molar-refractivity contribution in [1.82, 2.24) is 0 Å². The van der Waals surface area contributed by atoms with Gasteiger partial charge in [0.25, 0.3) is 0 Å². The molecule has 0 aromatic heterocycles. The Bertz CT molecular complexity index is 291. The number of aliphatic hydroxyl groups excluding tert-OH is 1. The van der Waals surface area contributed by atoms with Crippen LogP contribution in [0.25, 0.3) is 0 Å². The molecule has 1 atom stereocenters. The van der Waals surface area contributed by atoms with Crippen molar-refractivity contribution in [3.8, 4) is 5.75 Å². The monoisotopic (exact) mass is 245 g/mol. The van der Waals surface area contributed by atoms with E-state index in [-0.39, 0.29) is 5.75 Å². The van der Waals surface area contributed by atoms with Crippen molar-refractivity contribution in [2.75, 3.05) is 6.54 Å². The van der Waals surface area contributed by atoms with Gasteiger partial charge in [0.15, 0.2) is 0 Å². The Hall–Kier alpha value is -0.580. The highest BCUT2D eigenvalue weighted by molar-refractivity contribution is 9.10. The van der Waals surface area contributed by atoms with Crippen molar-refractivity contribution in [1.29, 1.82) is 0 Å². The van der Waals surface area contributed by atoms with E-state index in [2.05, 4.69) is 15.9 Å². The van der Waals surface area contributed by atoms with Gasteiger partial charge in [0.1, 0.15) is 5.75 Å². The third-order valence-electron chi connectivity index (χ3n) is 1.81. The molecule has 0 radical (unpaired) electrons. The predicted octanol–water partition coefficient (Wildman–Crippen LogP) is 1.54. The molecule has 0 fully saturated rings. The highest BCUT2D eigenvalue weighted by Gasteiger charge is 2.12. The SMILES string of the molecule is NCCC(O)c1cccc(O)c1Br. The number of phenolic OH excluding ortho intramolecular Hbond substituents is 1. The second-order valence-electron chi connectivity index (χ2n) is 2.77. The van der Waals surface area contributed by atoms with Crippen molar-refractivity contribution in [3.63, 3.8) is 0 Å². The molecule has 0 saturated carbocycles. The normalized spacial score (nSPS) is 12.8. The molecule has 13 heavy (non-hydrogen) atoms. The average molecular weight is 246 g/mol. The largest absolute Gasteiger partial charge is 0.507 e. The van der Waals surface area contributed by atoms with Gasteiger partial charge in [-0.05, 0) is 40.5 Å². The van der Waals surface area contributed by atoms with Crippen LogP contribution in [0.15, 0.2) is 22.7 Å². The summed E-state index contributed by atoms with van der Waals surface area (Å²) in [5.74, 6) is 0.133. The van der Waals surface area contributed by atoms with Crippen LogP contribution >= 0.6 is 15.9 Å². The number of aliphatic hydroxyl groups is 1. The quantitative estimate of drug-likeness (QED) is 0.757. The van der Waals surface area contributed by atoms with Crippen molar-refractivity contribution in [3.05, 3.63) is 28.2 Å². The van der Waals surface area contributed by atoms with Gasteiger partial charge in [-0.1, -0.05) is 12.1 Å². The summed E-state index contributed by atoms with van der Waals surface area (Å²) >= 11 is 3.20. The van der Waals surface area contributed by atoms with Crippen molar-refractivity contribution in [2.45, 2.75) is 12.5 Å². The number of aromatic hydroxyl groups is 1. The Morgan fingerprint density at radius 3 is 2.77 bits per heavy atom. The van der Waals surface area contributed by atoms with Crippen LogP contribution in [-0.2, 0) is 0 Å². The van der Waals surface area contributed by atoms with Gasteiger partial charge in [0, 0.05) is 0 Å².